The van der Waals surface area contributed by atoms with Crippen molar-refractivity contribution in [3.8, 4) is 0 Å². The van der Waals surface area contributed by atoms with Crippen molar-refractivity contribution in [2.45, 2.75) is 44.3 Å². The summed E-state index contributed by atoms with van der Waals surface area (Å²) in [4.78, 5) is 63.6. The molecule has 2 aromatic rings. The second-order valence-electron chi connectivity index (χ2n) is 8.52. The van der Waals surface area contributed by atoms with Crippen molar-refractivity contribution < 1.29 is 29.1 Å². The molecule has 3 atom stereocenters. The van der Waals surface area contributed by atoms with Gasteiger partial charge in [0.25, 0.3) is 5.91 Å². The quantitative estimate of drug-likeness (QED) is 0.299. The van der Waals surface area contributed by atoms with Crippen LogP contribution in [0, 0.1) is 6.92 Å². The number of carbonyl (C=O) groups excluding carboxylic acids is 4. The molecule has 198 valence electrons. The number of aromatic nitrogens is 2. The van der Waals surface area contributed by atoms with E-state index in [1.54, 1.807) is 31.2 Å². The summed E-state index contributed by atoms with van der Waals surface area (Å²) >= 11 is 1.89. The second kappa shape index (κ2) is 13.1. The van der Waals surface area contributed by atoms with E-state index in [9.17, 15) is 24.0 Å². The topological polar surface area (TPSA) is 185 Å². The lowest BCUT2D eigenvalue weighted by Crippen LogP contribution is -2.60. The van der Waals surface area contributed by atoms with Crippen molar-refractivity contribution in [1.29, 1.82) is 0 Å². The highest BCUT2D eigenvalue weighted by molar-refractivity contribution is 8.00. The van der Waals surface area contributed by atoms with Gasteiger partial charge in [-0.25, -0.2) is 0 Å². The number of carboxylic acid groups (broad SMARTS) is 1. The van der Waals surface area contributed by atoms with Crippen molar-refractivity contribution in [3.05, 3.63) is 46.5 Å². The molecule has 0 radical (unpaired) electrons. The van der Waals surface area contributed by atoms with Gasteiger partial charge >= 0.3 is 5.97 Å². The summed E-state index contributed by atoms with van der Waals surface area (Å²) < 4.78 is 3.76. The highest BCUT2D eigenvalue weighted by atomic mass is 32.2. The molecule has 14 heteroatoms. The van der Waals surface area contributed by atoms with Crippen molar-refractivity contribution in [2.75, 3.05) is 18.1 Å². The third-order valence-corrected chi connectivity index (χ3v) is 7.54. The number of nitrogens with one attached hydrogen (secondary N) is 2. The van der Waals surface area contributed by atoms with Crippen LogP contribution in [-0.4, -0.2) is 85.4 Å². The van der Waals surface area contributed by atoms with Gasteiger partial charge in [-0.2, -0.15) is 0 Å². The molecule has 5 N–H and O–H groups in total. The Bertz CT molecular complexity index is 1140. The van der Waals surface area contributed by atoms with Crippen LogP contribution in [0.5, 0.6) is 0 Å². The molecule has 3 rings (SSSR count). The number of rotatable bonds is 11. The number of carbonyl (C=O) groups is 5. The highest BCUT2D eigenvalue weighted by Gasteiger charge is 2.38. The number of primary amides is 1. The molecule has 1 aliphatic rings. The van der Waals surface area contributed by atoms with Crippen LogP contribution in [0.4, 0.5) is 0 Å². The van der Waals surface area contributed by atoms with Crippen LogP contribution in [0.15, 0.2) is 30.3 Å². The zero-order valence-electron chi connectivity index (χ0n) is 20.1. The fourth-order valence-electron chi connectivity index (χ4n) is 3.98. The number of amides is 4. The average molecular weight is 549 g/mol. The first-order chi connectivity index (χ1) is 17.7. The Balaban J connectivity index is 1.74. The summed E-state index contributed by atoms with van der Waals surface area (Å²) in [5.74, 6) is -3.50. The van der Waals surface area contributed by atoms with Gasteiger partial charge in [0.2, 0.25) is 17.7 Å². The van der Waals surface area contributed by atoms with E-state index >= 15 is 0 Å². The van der Waals surface area contributed by atoms with E-state index in [0.29, 0.717) is 17.0 Å². The maximum Gasteiger partial charge on any atom is 0.313 e. The van der Waals surface area contributed by atoms with Crippen LogP contribution in [0.1, 0.15) is 33.8 Å². The molecule has 0 aliphatic carbocycles. The number of nitrogens with two attached hydrogens (primary N) is 1. The second-order valence-corrected chi connectivity index (χ2v) is 10.3. The summed E-state index contributed by atoms with van der Waals surface area (Å²) in [6, 6.07) is 6.62. The van der Waals surface area contributed by atoms with Crippen LogP contribution in [0.25, 0.3) is 0 Å². The first kappa shape index (κ1) is 28.1. The number of likely N-dealkylation sites (tertiary alicyclic amines) is 1. The van der Waals surface area contributed by atoms with E-state index in [0.717, 1.165) is 28.9 Å². The summed E-state index contributed by atoms with van der Waals surface area (Å²) in [6.45, 7) is 1.83. The molecule has 1 aromatic carbocycles. The van der Waals surface area contributed by atoms with Crippen molar-refractivity contribution >= 4 is 52.9 Å². The number of thioether (sulfide) groups is 1. The third kappa shape index (κ3) is 7.98. The van der Waals surface area contributed by atoms with Gasteiger partial charge < -0.3 is 26.4 Å². The maximum absolute atomic E-state index is 13.4. The molecule has 0 spiro atoms. The molecule has 1 aromatic heterocycles. The molecule has 0 saturated carbocycles. The monoisotopic (exact) mass is 548 g/mol. The average Bonchev–Trinajstić information content (AvgIpc) is 3.29. The Morgan fingerprint density at radius 3 is 2.57 bits per heavy atom. The molecule has 12 nitrogen and oxygen atoms in total. The number of aliphatic carboxylic acids is 1. The molecule has 1 aliphatic heterocycles. The Kier molecular flexibility index (Phi) is 9.97. The van der Waals surface area contributed by atoms with Crippen molar-refractivity contribution in [3.63, 3.8) is 0 Å². The molecule has 0 bridgehead atoms. The first-order valence-corrected chi connectivity index (χ1v) is 13.4. The Morgan fingerprint density at radius 2 is 1.95 bits per heavy atom. The van der Waals surface area contributed by atoms with E-state index in [-0.39, 0.29) is 36.8 Å². The summed E-state index contributed by atoms with van der Waals surface area (Å²) in [5.41, 5.74) is 6.84. The predicted molar refractivity (Wildman–Crippen MR) is 137 cm³/mol. The normalized spacial score (nSPS) is 18.0. The van der Waals surface area contributed by atoms with Crippen LogP contribution in [0.3, 0.4) is 0 Å². The standard InChI is InChI=1S/C23H28N6O6S2/c1-13-20(37-28-27-13)23(35)25-15-7-8-29(18(30)11-36-12-19(31)32)17(10-15)22(34)26-16(21(24)33)9-14-5-3-2-4-6-14/h2-6,15-17H,7-12H2,1H3,(H2,24,33)(H,25,35)(H,26,34)(H,31,32). The minimum absolute atomic E-state index is 0.106. The van der Waals surface area contributed by atoms with Gasteiger partial charge in [0.05, 0.1) is 17.2 Å². The Morgan fingerprint density at radius 1 is 1.22 bits per heavy atom. The number of benzene rings is 1. The fourth-order valence-corrected chi connectivity index (χ4v) is 5.16. The van der Waals surface area contributed by atoms with Gasteiger partial charge in [-0.05, 0) is 36.9 Å². The van der Waals surface area contributed by atoms with Crippen LogP contribution >= 0.6 is 23.3 Å². The lowest BCUT2D eigenvalue weighted by atomic mass is 9.95. The lowest BCUT2D eigenvalue weighted by molar-refractivity contribution is -0.141. The molecule has 1 saturated heterocycles. The maximum atomic E-state index is 13.4. The molecular formula is C23H28N6O6S2. The summed E-state index contributed by atoms with van der Waals surface area (Å²) in [5, 5.41) is 18.2. The molecule has 1 fully saturated rings. The zero-order valence-corrected chi connectivity index (χ0v) is 21.7. The Hall–Kier alpha value is -3.52. The van der Waals surface area contributed by atoms with Crippen LogP contribution in [-0.2, 0) is 25.6 Å². The van der Waals surface area contributed by atoms with Crippen LogP contribution in [0.2, 0.25) is 0 Å². The molecular weight excluding hydrogens is 520 g/mol. The van der Waals surface area contributed by atoms with Gasteiger partial charge in [0.1, 0.15) is 17.0 Å². The van der Waals surface area contributed by atoms with E-state index in [1.807, 2.05) is 6.07 Å². The van der Waals surface area contributed by atoms with Gasteiger partial charge in [0, 0.05) is 19.0 Å². The summed E-state index contributed by atoms with van der Waals surface area (Å²) in [6.07, 6.45) is 0.670. The number of piperidine rings is 1. The minimum Gasteiger partial charge on any atom is -0.481 e. The summed E-state index contributed by atoms with van der Waals surface area (Å²) in [7, 11) is 0. The van der Waals surface area contributed by atoms with E-state index in [1.165, 1.54) is 4.90 Å². The van der Waals surface area contributed by atoms with Crippen molar-refractivity contribution in [2.24, 2.45) is 5.73 Å². The lowest BCUT2D eigenvalue weighted by Gasteiger charge is -2.39. The number of nitrogens with zero attached hydrogens (tertiary/aromatic N) is 3. The van der Waals surface area contributed by atoms with Gasteiger partial charge in [-0.15, -0.1) is 16.9 Å². The first-order valence-electron chi connectivity index (χ1n) is 11.5. The number of hydrogen-bond donors (Lipinski definition) is 4. The smallest absolute Gasteiger partial charge is 0.313 e. The van der Waals surface area contributed by atoms with E-state index in [2.05, 4.69) is 20.2 Å². The zero-order chi connectivity index (χ0) is 26.9. The van der Waals surface area contributed by atoms with Crippen LogP contribution < -0.4 is 16.4 Å². The fraction of sp³-hybridized carbons (Fsp3) is 0.435. The van der Waals surface area contributed by atoms with E-state index in [4.69, 9.17) is 10.8 Å². The Labute approximate surface area is 221 Å². The number of hydrogen-bond acceptors (Lipinski definition) is 9. The largest absolute Gasteiger partial charge is 0.481 e. The van der Waals surface area contributed by atoms with E-state index < -0.39 is 41.8 Å². The van der Waals surface area contributed by atoms with Gasteiger partial charge in [-0.1, -0.05) is 34.8 Å². The van der Waals surface area contributed by atoms with Gasteiger partial charge in [-0.3, -0.25) is 24.0 Å². The molecule has 37 heavy (non-hydrogen) atoms. The third-order valence-electron chi connectivity index (χ3n) is 5.81. The molecule has 4 amide bonds. The highest BCUT2D eigenvalue weighted by Crippen LogP contribution is 2.21. The van der Waals surface area contributed by atoms with Crippen molar-refractivity contribution in [1.82, 2.24) is 25.1 Å². The van der Waals surface area contributed by atoms with Gasteiger partial charge in [0.15, 0.2) is 0 Å². The molecule has 2 heterocycles. The number of aryl methyl sites for hydroxylation is 1. The number of carboxylic acids is 1. The molecule has 3 unspecified atom stereocenters. The minimum atomic E-state index is -1.05. The SMILES string of the molecule is Cc1nnsc1C(=O)NC1CCN(C(=O)CSCC(=O)O)C(C(=O)NC(Cc2ccccc2)C(N)=O)C1. The predicted octanol–water partition coefficient (Wildman–Crippen LogP) is -0.0335.